The predicted octanol–water partition coefficient (Wildman–Crippen LogP) is 10.3. The number of esters is 1. The van der Waals surface area contributed by atoms with Crippen LogP contribution in [0.15, 0.2) is 54.1 Å². The van der Waals surface area contributed by atoms with Crippen molar-refractivity contribution in [2.45, 2.75) is 118 Å². The maximum absolute atomic E-state index is 13.0. The van der Waals surface area contributed by atoms with Crippen molar-refractivity contribution in [2.75, 3.05) is 0 Å². The Hall–Kier alpha value is -2.09. The summed E-state index contributed by atoms with van der Waals surface area (Å²) in [7, 11) is 0. The van der Waals surface area contributed by atoms with Gasteiger partial charge in [-0.05, 0) is 108 Å². The van der Waals surface area contributed by atoms with Crippen molar-refractivity contribution in [3.8, 4) is 0 Å². The minimum atomic E-state index is -0.0730. The van der Waals surface area contributed by atoms with E-state index >= 15 is 0 Å². The van der Waals surface area contributed by atoms with Gasteiger partial charge in [-0.2, -0.15) is 0 Å². The molecule has 0 amide bonds. The molecule has 0 heterocycles. The molecule has 41 heavy (non-hydrogen) atoms. The second kappa shape index (κ2) is 11.5. The van der Waals surface area contributed by atoms with Crippen LogP contribution >= 0.6 is 0 Å². The average molecular weight is 555 g/mol. The van der Waals surface area contributed by atoms with Gasteiger partial charge in [-0.3, -0.25) is 4.79 Å². The lowest BCUT2D eigenvalue weighted by Gasteiger charge is -2.58. The van der Waals surface area contributed by atoms with Crippen molar-refractivity contribution in [1.29, 1.82) is 0 Å². The van der Waals surface area contributed by atoms with Crippen molar-refractivity contribution < 1.29 is 9.53 Å². The topological polar surface area (TPSA) is 26.3 Å². The number of fused-ring (bicyclic) bond motifs is 6. The van der Waals surface area contributed by atoms with Crippen LogP contribution in [0.5, 0.6) is 0 Å². The molecule has 3 saturated carbocycles. The fourth-order valence-corrected chi connectivity index (χ4v) is 10.5. The maximum atomic E-state index is 13.0. The highest BCUT2D eigenvalue weighted by Crippen LogP contribution is 2.67. The second-order valence-electron chi connectivity index (χ2n) is 15.5. The van der Waals surface area contributed by atoms with Crippen LogP contribution in [0, 0.1) is 46.3 Å². The largest absolute Gasteiger partial charge is 0.462 e. The first kappa shape index (κ1) is 29.0. The summed E-state index contributed by atoms with van der Waals surface area (Å²) in [6.07, 6.45) is 17.3. The lowest BCUT2D eigenvalue weighted by Crippen LogP contribution is -2.51. The summed E-state index contributed by atoms with van der Waals surface area (Å²) in [5.41, 5.74) is 3.49. The molecule has 0 saturated heterocycles. The van der Waals surface area contributed by atoms with Gasteiger partial charge in [0.2, 0.25) is 0 Å². The van der Waals surface area contributed by atoms with Gasteiger partial charge >= 0.3 is 5.97 Å². The highest BCUT2D eigenvalue weighted by atomic mass is 16.5. The van der Waals surface area contributed by atoms with E-state index in [1.54, 1.807) is 5.57 Å². The van der Waals surface area contributed by atoms with Gasteiger partial charge < -0.3 is 4.74 Å². The van der Waals surface area contributed by atoms with Crippen molar-refractivity contribution in [3.63, 3.8) is 0 Å². The van der Waals surface area contributed by atoms with E-state index in [0.717, 1.165) is 53.9 Å². The molecule has 2 aromatic rings. The Bertz CT molecular complexity index is 1270. The quantitative estimate of drug-likeness (QED) is 0.240. The molecule has 6 rings (SSSR count). The van der Waals surface area contributed by atoms with Gasteiger partial charge in [0, 0.05) is 6.42 Å². The van der Waals surface area contributed by atoms with Crippen LogP contribution in [0.2, 0.25) is 0 Å². The zero-order valence-corrected chi connectivity index (χ0v) is 26.5. The predicted molar refractivity (Wildman–Crippen MR) is 171 cm³/mol. The highest BCUT2D eigenvalue weighted by Gasteiger charge is 2.59. The maximum Gasteiger partial charge on any atom is 0.310 e. The van der Waals surface area contributed by atoms with E-state index < -0.39 is 0 Å². The minimum Gasteiger partial charge on any atom is -0.462 e. The number of ether oxygens (including phenoxy) is 1. The zero-order valence-electron chi connectivity index (χ0n) is 26.5. The van der Waals surface area contributed by atoms with Crippen LogP contribution in [-0.2, 0) is 16.0 Å². The molecule has 1 unspecified atom stereocenters. The van der Waals surface area contributed by atoms with Crippen molar-refractivity contribution in [3.05, 3.63) is 59.7 Å². The highest BCUT2D eigenvalue weighted by molar-refractivity contribution is 5.84. The first-order chi connectivity index (χ1) is 19.7. The number of carbonyl (C=O) groups excluding carboxylic acids is 1. The Balaban J connectivity index is 1.08. The van der Waals surface area contributed by atoms with Gasteiger partial charge in [-0.15, -0.1) is 0 Å². The first-order valence-electron chi connectivity index (χ1n) is 17.0. The van der Waals surface area contributed by atoms with Crippen LogP contribution in [0.4, 0.5) is 0 Å². The first-order valence-corrected chi connectivity index (χ1v) is 17.0. The molecule has 3 fully saturated rings. The number of hydrogen-bond donors (Lipinski definition) is 0. The number of rotatable bonds is 8. The van der Waals surface area contributed by atoms with Crippen molar-refractivity contribution in [1.82, 2.24) is 0 Å². The van der Waals surface area contributed by atoms with Gasteiger partial charge in [-0.25, -0.2) is 0 Å². The molecule has 4 aliphatic rings. The molecule has 2 heteroatoms. The lowest BCUT2D eigenvalue weighted by molar-refractivity contribution is -0.150. The molecule has 8 atom stereocenters. The van der Waals surface area contributed by atoms with E-state index in [1.165, 1.54) is 68.6 Å². The molecule has 0 aliphatic heterocycles. The van der Waals surface area contributed by atoms with Gasteiger partial charge in [0.15, 0.2) is 0 Å². The monoisotopic (exact) mass is 554 g/mol. The van der Waals surface area contributed by atoms with Gasteiger partial charge in [0.05, 0.1) is 6.42 Å². The fraction of sp³-hybridized carbons (Fsp3) is 0.667. The number of hydrogen-bond acceptors (Lipinski definition) is 2. The molecule has 0 spiro atoms. The van der Waals surface area contributed by atoms with Gasteiger partial charge in [0.25, 0.3) is 0 Å². The second-order valence-corrected chi connectivity index (χ2v) is 15.5. The van der Waals surface area contributed by atoms with Gasteiger partial charge in [-0.1, -0.05) is 108 Å². The molecule has 0 N–H and O–H groups in total. The molecular formula is C39H54O2. The molecule has 2 aromatic carbocycles. The van der Waals surface area contributed by atoms with E-state index in [-0.39, 0.29) is 12.1 Å². The zero-order chi connectivity index (χ0) is 28.8. The summed E-state index contributed by atoms with van der Waals surface area (Å²) in [4.78, 5) is 13.0. The van der Waals surface area contributed by atoms with E-state index in [0.29, 0.717) is 17.3 Å². The fourth-order valence-electron chi connectivity index (χ4n) is 10.5. The van der Waals surface area contributed by atoms with Crippen LogP contribution in [0.1, 0.15) is 111 Å². The molecule has 2 nitrogen and oxygen atoms in total. The molecule has 0 aromatic heterocycles. The van der Waals surface area contributed by atoms with E-state index in [1.807, 2.05) is 0 Å². The van der Waals surface area contributed by atoms with E-state index in [2.05, 4.69) is 83.2 Å². The third-order valence-electron chi connectivity index (χ3n) is 12.7. The number of allylic oxidation sites excluding steroid dienone is 1. The Morgan fingerprint density at radius 2 is 1.73 bits per heavy atom. The average Bonchev–Trinajstić information content (AvgIpc) is 3.30. The molecular weight excluding hydrogens is 500 g/mol. The van der Waals surface area contributed by atoms with Crippen LogP contribution in [0.3, 0.4) is 0 Å². The molecule has 222 valence electrons. The standard InChI is InChI=1S/C39H54O2/c1-26(2)9-8-10-27(3)34-17-18-35-33-16-15-31-25-32(19-21-38(31,4)36(33)20-22-39(34,35)5)41-37(40)24-28-13-14-29-11-6-7-12-30(29)23-28/h6-7,11-15,23,26-27,32-36H,8-10,16-22,24-25H2,1-5H3/t27-,32?,33+,34-,35+,36+,38+,39-/m1/s1. The summed E-state index contributed by atoms with van der Waals surface area (Å²) in [6, 6.07) is 14.7. The van der Waals surface area contributed by atoms with Crippen molar-refractivity contribution >= 4 is 16.7 Å². The normalized spacial score (nSPS) is 35.4. The lowest BCUT2D eigenvalue weighted by atomic mass is 9.47. The van der Waals surface area contributed by atoms with Crippen LogP contribution < -0.4 is 0 Å². The van der Waals surface area contributed by atoms with Crippen LogP contribution in [-0.4, -0.2) is 12.1 Å². The number of benzene rings is 2. The minimum absolute atomic E-state index is 0.0373. The third-order valence-corrected chi connectivity index (χ3v) is 12.7. The van der Waals surface area contributed by atoms with E-state index in [9.17, 15) is 4.79 Å². The smallest absolute Gasteiger partial charge is 0.310 e. The Labute approximate surface area is 249 Å². The Morgan fingerprint density at radius 1 is 0.927 bits per heavy atom. The summed E-state index contributed by atoms with van der Waals surface area (Å²) in [5.74, 6) is 5.09. The number of carbonyl (C=O) groups is 1. The summed E-state index contributed by atoms with van der Waals surface area (Å²) in [6.45, 7) is 12.6. The Kier molecular flexibility index (Phi) is 8.16. The molecule has 4 aliphatic carbocycles. The SMILES string of the molecule is CC(C)CCC[C@@H](C)[C@H]1CC[C@H]2[C@@H]3CC=C4CC(OC(=O)Cc5ccc6ccccc6c5)CC[C@]4(C)[C@H]3CC[C@]12C. The van der Waals surface area contributed by atoms with E-state index in [4.69, 9.17) is 4.74 Å². The van der Waals surface area contributed by atoms with Crippen molar-refractivity contribution in [2.24, 2.45) is 46.3 Å². The summed E-state index contributed by atoms with van der Waals surface area (Å²) >= 11 is 0. The third kappa shape index (κ3) is 5.54. The summed E-state index contributed by atoms with van der Waals surface area (Å²) in [5, 5.41) is 2.40. The molecule has 0 bridgehead atoms. The Morgan fingerprint density at radius 3 is 2.54 bits per heavy atom. The van der Waals surface area contributed by atoms with Crippen LogP contribution in [0.25, 0.3) is 10.8 Å². The molecule has 0 radical (unpaired) electrons. The summed E-state index contributed by atoms with van der Waals surface area (Å²) < 4.78 is 6.13. The van der Waals surface area contributed by atoms with Gasteiger partial charge in [0.1, 0.15) is 6.10 Å².